The molecule has 98 valence electrons. The van der Waals surface area contributed by atoms with Crippen molar-refractivity contribution in [1.82, 2.24) is 5.23 Å². The molecular weight excluding hydrogens is 218 g/mol. The van der Waals surface area contributed by atoms with E-state index in [1.807, 2.05) is 0 Å². The third-order valence-corrected chi connectivity index (χ3v) is 1.50. The number of aliphatic hydroxyl groups excluding tert-OH is 2. The van der Waals surface area contributed by atoms with Crippen LogP contribution in [0.1, 0.15) is 0 Å². The number of methoxy groups -OCH3 is 1. The number of hydroxylamine groups is 2. The van der Waals surface area contributed by atoms with Crippen molar-refractivity contribution < 1.29 is 29.4 Å². The Bertz CT molecular complexity index is 129. The van der Waals surface area contributed by atoms with Crippen molar-refractivity contribution in [1.29, 1.82) is 0 Å². The molecule has 0 saturated heterocycles. The number of aliphatic hydroxyl groups is 2. The van der Waals surface area contributed by atoms with Gasteiger partial charge in [-0.25, -0.2) is 0 Å². The molecule has 0 amide bonds. The van der Waals surface area contributed by atoms with Gasteiger partial charge in [0.15, 0.2) is 0 Å². The SMILES string of the molecule is COCCOCCN(OCCO)OCCO. The summed E-state index contributed by atoms with van der Waals surface area (Å²) in [6.45, 7) is 1.95. The van der Waals surface area contributed by atoms with Gasteiger partial charge in [0.2, 0.25) is 0 Å². The Labute approximate surface area is 95.4 Å². The molecule has 0 saturated carbocycles. The molecule has 0 aromatic rings. The van der Waals surface area contributed by atoms with E-state index in [2.05, 4.69) is 0 Å². The molecule has 0 aliphatic heterocycles. The zero-order valence-electron chi connectivity index (χ0n) is 9.63. The minimum atomic E-state index is -0.0937. The van der Waals surface area contributed by atoms with Crippen LogP contribution >= 0.6 is 0 Å². The molecule has 0 aromatic heterocycles. The van der Waals surface area contributed by atoms with Crippen molar-refractivity contribution in [2.24, 2.45) is 0 Å². The standard InChI is InChI=1S/C9H21NO6/c1-13-8-9-14-5-2-10(15-6-3-11)16-7-4-12/h11-12H,2-9H2,1H3. The highest BCUT2D eigenvalue weighted by Crippen LogP contribution is 1.92. The van der Waals surface area contributed by atoms with E-state index in [4.69, 9.17) is 29.4 Å². The second kappa shape index (κ2) is 12.8. The summed E-state index contributed by atoms with van der Waals surface area (Å²) in [7, 11) is 1.60. The lowest BCUT2D eigenvalue weighted by molar-refractivity contribution is -0.373. The van der Waals surface area contributed by atoms with Crippen LogP contribution in [0.4, 0.5) is 0 Å². The normalized spacial score (nSPS) is 11.2. The molecule has 0 rings (SSSR count). The molecular formula is C9H21NO6. The molecule has 0 radical (unpaired) electrons. The van der Waals surface area contributed by atoms with Gasteiger partial charge >= 0.3 is 0 Å². The molecule has 0 aromatic carbocycles. The van der Waals surface area contributed by atoms with Crippen LogP contribution in [-0.4, -0.2) is 75.3 Å². The molecule has 16 heavy (non-hydrogen) atoms. The largest absolute Gasteiger partial charge is 0.394 e. The molecule has 0 fully saturated rings. The Morgan fingerprint density at radius 1 is 0.875 bits per heavy atom. The summed E-state index contributed by atoms with van der Waals surface area (Å²) in [5.41, 5.74) is 0. The second-order valence-corrected chi connectivity index (χ2v) is 2.78. The monoisotopic (exact) mass is 239 g/mol. The van der Waals surface area contributed by atoms with Gasteiger partial charge < -0.3 is 19.7 Å². The van der Waals surface area contributed by atoms with Crippen LogP contribution in [0.5, 0.6) is 0 Å². The highest BCUT2D eigenvalue weighted by atomic mass is 16.9. The first-order valence-electron chi connectivity index (χ1n) is 5.17. The zero-order valence-corrected chi connectivity index (χ0v) is 9.63. The zero-order chi connectivity index (χ0) is 12.1. The highest BCUT2D eigenvalue weighted by molar-refractivity contribution is 4.35. The maximum atomic E-state index is 8.58. The Balaban J connectivity index is 3.48. The van der Waals surface area contributed by atoms with E-state index in [1.54, 1.807) is 7.11 Å². The summed E-state index contributed by atoms with van der Waals surface area (Å²) < 4.78 is 10.0. The van der Waals surface area contributed by atoms with Crippen LogP contribution in [0.3, 0.4) is 0 Å². The minimum Gasteiger partial charge on any atom is -0.394 e. The summed E-state index contributed by atoms with van der Waals surface area (Å²) in [6, 6.07) is 0. The van der Waals surface area contributed by atoms with Crippen LogP contribution in [0.15, 0.2) is 0 Å². The van der Waals surface area contributed by atoms with Crippen LogP contribution < -0.4 is 0 Å². The van der Waals surface area contributed by atoms with Crippen LogP contribution in [0.25, 0.3) is 0 Å². The maximum Gasteiger partial charge on any atom is 0.0942 e. The minimum absolute atomic E-state index is 0.0937. The number of hydrogen-bond acceptors (Lipinski definition) is 7. The number of ether oxygens (including phenoxy) is 2. The van der Waals surface area contributed by atoms with E-state index in [9.17, 15) is 0 Å². The van der Waals surface area contributed by atoms with Crippen molar-refractivity contribution in [3.05, 3.63) is 0 Å². The molecule has 0 unspecified atom stereocenters. The van der Waals surface area contributed by atoms with Crippen molar-refractivity contribution >= 4 is 0 Å². The highest BCUT2D eigenvalue weighted by Gasteiger charge is 2.05. The third kappa shape index (κ3) is 10.2. The van der Waals surface area contributed by atoms with Crippen LogP contribution in [0, 0.1) is 0 Å². The van der Waals surface area contributed by atoms with Crippen molar-refractivity contribution in [2.75, 3.05) is 59.9 Å². The first kappa shape index (κ1) is 15.7. The first-order chi connectivity index (χ1) is 7.85. The van der Waals surface area contributed by atoms with E-state index in [0.29, 0.717) is 26.4 Å². The summed E-state index contributed by atoms with van der Waals surface area (Å²) >= 11 is 0. The van der Waals surface area contributed by atoms with Gasteiger partial charge in [0, 0.05) is 7.11 Å². The van der Waals surface area contributed by atoms with Crippen LogP contribution in [0.2, 0.25) is 0 Å². The van der Waals surface area contributed by atoms with E-state index in [1.165, 1.54) is 5.23 Å². The van der Waals surface area contributed by atoms with Crippen molar-refractivity contribution in [2.45, 2.75) is 0 Å². The number of rotatable bonds is 12. The predicted molar refractivity (Wildman–Crippen MR) is 55.5 cm³/mol. The summed E-state index contributed by atoms with van der Waals surface area (Å²) in [4.78, 5) is 10.1. The fourth-order valence-corrected chi connectivity index (χ4v) is 0.835. The fourth-order valence-electron chi connectivity index (χ4n) is 0.835. The fraction of sp³-hybridized carbons (Fsp3) is 1.00. The van der Waals surface area contributed by atoms with Gasteiger partial charge in [-0.1, -0.05) is 5.23 Å². The average molecular weight is 239 g/mol. The van der Waals surface area contributed by atoms with E-state index in [0.717, 1.165) is 0 Å². The molecule has 0 atom stereocenters. The van der Waals surface area contributed by atoms with Crippen molar-refractivity contribution in [3.63, 3.8) is 0 Å². The van der Waals surface area contributed by atoms with Gasteiger partial charge in [-0.05, 0) is 0 Å². The summed E-state index contributed by atoms with van der Waals surface area (Å²) in [6.07, 6.45) is 0. The van der Waals surface area contributed by atoms with E-state index in [-0.39, 0.29) is 26.4 Å². The van der Waals surface area contributed by atoms with E-state index < -0.39 is 0 Å². The molecule has 0 heterocycles. The molecule has 7 heteroatoms. The lowest BCUT2D eigenvalue weighted by atomic mass is 10.7. The van der Waals surface area contributed by atoms with Gasteiger partial charge in [0.1, 0.15) is 0 Å². The summed E-state index contributed by atoms with van der Waals surface area (Å²) in [5.74, 6) is 0. The Morgan fingerprint density at radius 3 is 2.00 bits per heavy atom. The average Bonchev–Trinajstić information content (AvgIpc) is 2.31. The molecule has 0 aliphatic carbocycles. The predicted octanol–water partition coefficient (Wildman–Crippen LogP) is -1.20. The molecule has 0 aliphatic rings. The smallest absolute Gasteiger partial charge is 0.0942 e. The van der Waals surface area contributed by atoms with E-state index >= 15 is 0 Å². The van der Waals surface area contributed by atoms with Gasteiger partial charge in [0.25, 0.3) is 0 Å². The van der Waals surface area contributed by atoms with Gasteiger partial charge in [-0.3, -0.25) is 9.68 Å². The first-order valence-corrected chi connectivity index (χ1v) is 5.17. The van der Waals surface area contributed by atoms with Crippen molar-refractivity contribution in [3.8, 4) is 0 Å². The molecule has 2 N–H and O–H groups in total. The van der Waals surface area contributed by atoms with Crippen LogP contribution in [-0.2, 0) is 19.1 Å². The Hall–Kier alpha value is -0.280. The molecule has 0 spiro atoms. The molecule has 0 bridgehead atoms. The lowest BCUT2D eigenvalue weighted by Crippen LogP contribution is -2.30. The van der Waals surface area contributed by atoms with Gasteiger partial charge in [-0.15, -0.1) is 0 Å². The van der Waals surface area contributed by atoms with Gasteiger partial charge in [0.05, 0.1) is 52.8 Å². The number of hydrogen-bond donors (Lipinski definition) is 2. The quantitative estimate of drug-likeness (QED) is 0.327. The molecule has 7 nitrogen and oxygen atoms in total. The maximum absolute atomic E-state index is 8.58. The lowest BCUT2D eigenvalue weighted by Gasteiger charge is -2.19. The second-order valence-electron chi connectivity index (χ2n) is 2.78. The Morgan fingerprint density at radius 2 is 1.50 bits per heavy atom. The van der Waals surface area contributed by atoms with Gasteiger partial charge in [-0.2, -0.15) is 0 Å². The third-order valence-electron chi connectivity index (χ3n) is 1.50. The summed E-state index contributed by atoms with van der Waals surface area (Å²) in [5, 5.41) is 18.3. The topological polar surface area (TPSA) is 80.6 Å². The Kier molecular flexibility index (Phi) is 12.6. The number of nitrogens with zero attached hydrogens (tertiary/aromatic N) is 1.